The Hall–Kier alpha value is -0.940. The molecule has 0 saturated heterocycles. The van der Waals surface area contributed by atoms with E-state index in [2.05, 4.69) is 4.98 Å². The largest absolute Gasteiger partial charge is 0.477 e. The number of hydrogen-bond acceptors (Lipinski definition) is 2. The van der Waals surface area contributed by atoms with Crippen LogP contribution < -0.4 is 0 Å². The fourth-order valence-electron chi connectivity index (χ4n) is 0.990. The van der Waals surface area contributed by atoms with Crippen molar-refractivity contribution < 1.29 is 18.7 Å². The predicted octanol–water partition coefficient (Wildman–Crippen LogP) is 3.11. The molecule has 0 saturated carbocycles. The SMILES string of the molecule is O=C(O)c1nc(Cl)c(C(F)F)cc1CCl. The molecule has 0 aliphatic rings. The zero-order chi connectivity index (χ0) is 11.6. The van der Waals surface area contributed by atoms with Gasteiger partial charge in [-0.05, 0) is 6.07 Å². The summed E-state index contributed by atoms with van der Waals surface area (Å²) in [4.78, 5) is 14.0. The van der Waals surface area contributed by atoms with Gasteiger partial charge in [-0.2, -0.15) is 0 Å². The zero-order valence-corrected chi connectivity index (χ0v) is 8.69. The van der Waals surface area contributed by atoms with Gasteiger partial charge in [0.15, 0.2) is 5.69 Å². The summed E-state index contributed by atoms with van der Waals surface area (Å²) in [5.41, 5.74) is -0.902. The Labute approximate surface area is 93.6 Å². The minimum Gasteiger partial charge on any atom is -0.477 e. The topological polar surface area (TPSA) is 50.2 Å². The first-order valence-corrected chi connectivity index (χ1v) is 4.65. The normalized spacial score (nSPS) is 10.7. The van der Waals surface area contributed by atoms with Crippen LogP contribution in [0, 0.1) is 0 Å². The van der Waals surface area contributed by atoms with Gasteiger partial charge in [0.1, 0.15) is 5.15 Å². The molecule has 0 amide bonds. The first-order chi connectivity index (χ1) is 6.97. The third-order valence-electron chi connectivity index (χ3n) is 1.66. The summed E-state index contributed by atoms with van der Waals surface area (Å²) in [5, 5.41) is 8.17. The standard InChI is InChI=1S/C8H5Cl2F2NO2/c9-2-3-1-4(7(11)12)6(10)13-5(3)8(14)15/h1,7H,2H2,(H,14,15). The number of carbonyl (C=O) groups is 1. The molecule has 3 nitrogen and oxygen atoms in total. The molecule has 1 aromatic rings. The first-order valence-electron chi connectivity index (χ1n) is 3.74. The Morgan fingerprint density at radius 2 is 2.20 bits per heavy atom. The van der Waals surface area contributed by atoms with E-state index in [4.69, 9.17) is 28.3 Å². The van der Waals surface area contributed by atoms with E-state index in [1.807, 2.05) is 0 Å². The van der Waals surface area contributed by atoms with Gasteiger partial charge >= 0.3 is 5.97 Å². The number of nitrogens with zero attached hydrogens (tertiary/aromatic N) is 1. The maximum Gasteiger partial charge on any atom is 0.354 e. The average molecular weight is 256 g/mol. The third kappa shape index (κ3) is 2.54. The number of aromatic carboxylic acids is 1. The second-order valence-electron chi connectivity index (χ2n) is 2.62. The minimum absolute atomic E-state index is 0.0175. The van der Waals surface area contributed by atoms with Crippen molar-refractivity contribution in [3.8, 4) is 0 Å². The summed E-state index contributed by atoms with van der Waals surface area (Å²) < 4.78 is 24.7. The summed E-state index contributed by atoms with van der Waals surface area (Å²) in [6, 6.07) is 0.955. The fourth-order valence-corrected chi connectivity index (χ4v) is 1.42. The summed E-state index contributed by atoms with van der Waals surface area (Å²) in [6.07, 6.45) is -2.81. The second kappa shape index (κ2) is 4.72. The molecule has 15 heavy (non-hydrogen) atoms. The zero-order valence-electron chi connectivity index (χ0n) is 7.18. The van der Waals surface area contributed by atoms with Crippen LogP contribution in [0.15, 0.2) is 6.07 Å². The Balaban J connectivity index is 3.35. The molecule has 0 radical (unpaired) electrons. The quantitative estimate of drug-likeness (QED) is 0.667. The van der Waals surface area contributed by atoms with Crippen LogP contribution in [0.5, 0.6) is 0 Å². The van der Waals surface area contributed by atoms with E-state index in [0.717, 1.165) is 6.07 Å². The van der Waals surface area contributed by atoms with Gasteiger partial charge in [-0.25, -0.2) is 18.6 Å². The van der Waals surface area contributed by atoms with E-state index in [1.54, 1.807) is 0 Å². The van der Waals surface area contributed by atoms with Crippen molar-refractivity contribution in [1.82, 2.24) is 4.98 Å². The van der Waals surface area contributed by atoms with E-state index < -0.39 is 28.8 Å². The van der Waals surface area contributed by atoms with Crippen molar-refractivity contribution in [3.05, 3.63) is 28.0 Å². The molecule has 0 spiro atoms. The maximum absolute atomic E-state index is 12.4. The van der Waals surface area contributed by atoms with Gasteiger partial charge < -0.3 is 5.11 Å². The maximum atomic E-state index is 12.4. The third-order valence-corrected chi connectivity index (χ3v) is 2.25. The van der Waals surface area contributed by atoms with Crippen molar-refractivity contribution in [3.63, 3.8) is 0 Å². The second-order valence-corrected chi connectivity index (χ2v) is 3.24. The van der Waals surface area contributed by atoms with Crippen molar-refractivity contribution in [2.24, 2.45) is 0 Å². The number of hydrogen-bond donors (Lipinski definition) is 1. The van der Waals surface area contributed by atoms with Crippen LogP contribution in [0.25, 0.3) is 0 Å². The van der Waals surface area contributed by atoms with Crippen LogP contribution in [-0.4, -0.2) is 16.1 Å². The molecule has 7 heteroatoms. The molecule has 1 N–H and O–H groups in total. The molecule has 0 aliphatic carbocycles. The lowest BCUT2D eigenvalue weighted by Crippen LogP contribution is -2.07. The van der Waals surface area contributed by atoms with Crippen LogP contribution in [0.1, 0.15) is 28.0 Å². The Morgan fingerprint density at radius 3 is 2.60 bits per heavy atom. The van der Waals surface area contributed by atoms with Gasteiger partial charge in [0.05, 0.1) is 5.56 Å². The number of carboxylic acid groups (broad SMARTS) is 1. The number of rotatable bonds is 3. The highest BCUT2D eigenvalue weighted by atomic mass is 35.5. The van der Waals surface area contributed by atoms with Crippen LogP contribution in [0.3, 0.4) is 0 Å². The number of alkyl halides is 3. The van der Waals surface area contributed by atoms with Crippen molar-refractivity contribution >= 4 is 29.2 Å². The monoisotopic (exact) mass is 255 g/mol. The molecule has 0 fully saturated rings. The molecule has 0 aromatic carbocycles. The Bertz CT molecular complexity index is 398. The fraction of sp³-hybridized carbons (Fsp3) is 0.250. The lowest BCUT2D eigenvalue weighted by Gasteiger charge is -2.07. The van der Waals surface area contributed by atoms with Gasteiger partial charge in [-0.15, -0.1) is 11.6 Å². The average Bonchev–Trinajstić information content (AvgIpc) is 2.16. The van der Waals surface area contributed by atoms with Crippen molar-refractivity contribution in [2.75, 3.05) is 0 Å². The number of halogens is 4. The highest BCUT2D eigenvalue weighted by Gasteiger charge is 2.19. The molecule has 0 atom stereocenters. The van der Waals surface area contributed by atoms with Crippen LogP contribution in [0.4, 0.5) is 8.78 Å². The highest BCUT2D eigenvalue weighted by molar-refractivity contribution is 6.30. The molecular weight excluding hydrogens is 251 g/mol. The molecule has 0 unspecified atom stereocenters. The Morgan fingerprint density at radius 1 is 1.60 bits per heavy atom. The van der Waals surface area contributed by atoms with Gasteiger partial charge in [0.2, 0.25) is 0 Å². The first kappa shape index (κ1) is 12.1. The summed E-state index contributed by atoms with van der Waals surface area (Å²) >= 11 is 10.8. The van der Waals surface area contributed by atoms with Gasteiger partial charge in [-0.1, -0.05) is 11.6 Å². The van der Waals surface area contributed by atoms with Gasteiger partial charge in [0, 0.05) is 11.4 Å². The molecule has 82 valence electrons. The number of pyridine rings is 1. The van der Waals surface area contributed by atoms with Crippen molar-refractivity contribution in [2.45, 2.75) is 12.3 Å². The van der Waals surface area contributed by atoms with Crippen molar-refractivity contribution in [1.29, 1.82) is 0 Å². The summed E-state index contributed by atoms with van der Waals surface area (Å²) in [7, 11) is 0. The molecular formula is C8H5Cl2F2NO2. The summed E-state index contributed by atoms with van der Waals surface area (Å²) in [6.45, 7) is 0. The van der Waals surface area contributed by atoms with E-state index >= 15 is 0 Å². The lowest BCUT2D eigenvalue weighted by molar-refractivity contribution is 0.0688. The van der Waals surface area contributed by atoms with E-state index in [0.29, 0.717) is 0 Å². The molecule has 0 aliphatic heterocycles. The molecule has 0 bridgehead atoms. The van der Waals surface area contributed by atoms with E-state index in [-0.39, 0.29) is 11.4 Å². The van der Waals surface area contributed by atoms with Gasteiger partial charge in [0.25, 0.3) is 6.43 Å². The number of aromatic nitrogens is 1. The minimum atomic E-state index is -2.81. The lowest BCUT2D eigenvalue weighted by atomic mass is 10.1. The molecule has 1 rings (SSSR count). The highest BCUT2D eigenvalue weighted by Crippen LogP contribution is 2.28. The summed E-state index contributed by atoms with van der Waals surface area (Å²) in [5.74, 6) is -1.57. The number of carboxylic acids is 1. The predicted molar refractivity (Wildman–Crippen MR) is 50.7 cm³/mol. The molecule has 1 heterocycles. The van der Waals surface area contributed by atoms with Crippen LogP contribution >= 0.6 is 23.2 Å². The van der Waals surface area contributed by atoms with Gasteiger partial charge in [-0.3, -0.25) is 0 Å². The molecule has 1 aromatic heterocycles. The van der Waals surface area contributed by atoms with Crippen LogP contribution in [0.2, 0.25) is 5.15 Å². The Kier molecular flexibility index (Phi) is 3.82. The smallest absolute Gasteiger partial charge is 0.354 e. The van der Waals surface area contributed by atoms with Crippen LogP contribution in [-0.2, 0) is 5.88 Å². The van der Waals surface area contributed by atoms with E-state index in [9.17, 15) is 13.6 Å². The van der Waals surface area contributed by atoms with E-state index in [1.165, 1.54) is 0 Å².